The molecule has 4 nitrogen and oxygen atoms in total. The third kappa shape index (κ3) is 2.72. The molecule has 26 heavy (non-hydrogen) atoms. The summed E-state index contributed by atoms with van der Waals surface area (Å²) in [6.07, 6.45) is 1.46. The van der Waals surface area contributed by atoms with E-state index in [1.807, 2.05) is 0 Å². The van der Waals surface area contributed by atoms with E-state index in [1.165, 1.54) is 6.08 Å². The highest BCUT2D eigenvalue weighted by atomic mass is 32.1. The Hall–Kier alpha value is -3.18. The number of rotatable bonds is 3. The van der Waals surface area contributed by atoms with Crippen molar-refractivity contribution in [3.05, 3.63) is 88.7 Å². The molecule has 126 valence electrons. The summed E-state index contributed by atoms with van der Waals surface area (Å²) in [6, 6.07) is 17.0. The third-order valence-electron chi connectivity index (χ3n) is 4.21. The Morgan fingerprint density at radius 1 is 0.885 bits per heavy atom. The van der Waals surface area contributed by atoms with Crippen molar-refractivity contribution in [2.45, 2.75) is 0 Å². The van der Waals surface area contributed by atoms with Gasteiger partial charge in [-0.2, -0.15) is 0 Å². The fourth-order valence-corrected chi connectivity index (χ4v) is 3.08. The molecule has 0 unspecified atom stereocenters. The van der Waals surface area contributed by atoms with Crippen LogP contribution in [-0.4, -0.2) is 16.7 Å². The summed E-state index contributed by atoms with van der Waals surface area (Å²) in [5.74, 6) is 0.327. The fourth-order valence-electron chi connectivity index (χ4n) is 2.94. The van der Waals surface area contributed by atoms with Crippen molar-refractivity contribution >= 4 is 35.4 Å². The highest BCUT2D eigenvalue weighted by Gasteiger charge is 2.32. The Balaban J connectivity index is 1.69. The van der Waals surface area contributed by atoms with Crippen molar-refractivity contribution in [1.29, 1.82) is 0 Å². The lowest BCUT2D eigenvalue weighted by Crippen LogP contribution is -1.99. The van der Waals surface area contributed by atoms with Crippen LogP contribution in [0.4, 0.5) is 0 Å². The number of carbonyl (C=O) groups excluding carboxylic acids is 3. The van der Waals surface area contributed by atoms with E-state index < -0.39 is 0 Å². The van der Waals surface area contributed by atoms with E-state index in [2.05, 4.69) is 12.6 Å². The Labute approximate surface area is 154 Å². The van der Waals surface area contributed by atoms with Gasteiger partial charge in [-0.25, -0.2) is 0 Å². The van der Waals surface area contributed by atoms with Crippen LogP contribution in [0.25, 0.3) is 17.4 Å². The molecule has 0 atom stereocenters. The first-order chi connectivity index (χ1) is 12.5. The second-order valence-corrected chi connectivity index (χ2v) is 6.26. The Morgan fingerprint density at radius 2 is 1.58 bits per heavy atom. The maximum atomic E-state index is 12.4. The van der Waals surface area contributed by atoms with Crippen molar-refractivity contribution in [2.75, 3.05) is 0 Å². The summed E-state index contributed by atoms with van der Waals surface area (Å²) in [4.78, 5) is 36.3. The minimum Gasteiger partial charge on any atom is -0.457 e. The second-order valence-electron chi connectivity index (χ2n) is 5.85. The van der Waals surface area contributed by atoms with Crippen LogP contribution in [0.1, 0.15) is 36.8 Å². The van der Waals surface area contributed by atoms with Gasteiger partial charge in [0.2, 0.25) is 5.12 Å². The normalized spacial score (nSPS) is 13.0. The van der Waals surface area contributed by atoms with E-state index >= 15 is 0 Å². The number of hydrogen-bond donors (Lipinski definition) is 1. The van der Waals surface area contributed by atoms with Crippen LogP contribution in [-0.2, 0) is 0 Å². The summed E-state index contributed by atoms with van der Waals surface area (Å²) in [7, 11) is 0. The van der Waals surface area contributed by atoms with Gasteiger partial charge in [-0.1, -0.05) is 42.5 Å². The molecular weight excluding hydrogens is 348 g/mol. The molecule has 1 aliphatic carbocycles. The van der Waals surface area contributed by atoms with Crippen LogP contribution in [0.2, 0.25) is 0 Å². The van der Waals surface area contributed by atoms with Crippen molar-refractivity contribution < 1.29 is 18.8 Å². The van der Waals surface area contributed by atoms with Gasteiger partial charge in [0, 0.05) is 22.3 Å². The standard InChI is InChI=1S/C21H12O4S/c22-19-15-6-1-2-7-16(15)20(23)17(19)11-14-8-9-18(25-14)12-4-3-5-13(10-12)21(24)26/h1-11H,(H,24,26). The number of hydrogen-bond acceptors (Lipinski definition) is 4. The molecule has 3 aromatic rings. The van der Waals surface area contributed by atoms with Crippen molar-refractivity contribution in [3.8, 4) is 11.3 Å². The number of allylic oxidation sites excluding steroid dienone is 1. The smallest absolute Gasteiger partial charge is 0.216 e. The molecule has 0 bridgehead atoms. The topological polar surface area (TPSA) is 64.3 Å². The Kier molecular flexibility index (Phi) is 3.93. The average Bonchev–Trinajstić information content (AvgIpc) is 3.22. The van der Waals surface area contributed by atoms with Crippen LogP contribution < -0.4 is 0 Å². The summed E-state index contributed by atoms with van der Waals surface area (Å²) in [6.45, 7) is 0. The minimum absolute atomic E-state index is 0.0892. The molecule has 2 aromatic carbocycles. The number of ketones is 2. The lowest BCUT2D eigenvalue weighted by molar-refractivity contribution is 0.0989. The average molecular weight is 360 g/mol. The molecule has 0 N–H and O–H groups in total. The lowest BCUT2D eigenvalue weighted by Gasteiger charge is -1.99. The number of thiol groups is 1. The Morgan fingerprint density at radius 3 is 2.23 bits per heavy atom. The van der Waals surface area contributed by atoms with E-state index in [9.17, 15) is 14.4 Å². The molecule has 4 rings (SSSR count). The van der Waals surface area contributed by atoms with E-state index in [0.29, 0.717) is 33.8 Å². The largest absolute Gasteiger partial charge is 0.457 e. The minimum atomic E-state index is -0.333. The lowest BCUT2D eigenvalue weighted by atomic mass is 10.1. The monoisotopic (exact) mass is 360 g/mol. The van der Waals surface area contributed by atoms with E-state index in [0.717, 1.165) is 0 Å². The maximum absolute atomic E-state index is 12.4. The van der Waals surface area contributed by atoms with Gasteiger partial charge < -0.3 is 4.42 Å². The third-order valence-corrected chi connectivity index (χ3v) is 4.47. The van der Waals surface area contributed by atoms with Crippen molar-refractivity contribution in [3.63, 3.8) is 0 Å². The molecule has 1 aromatic heterocycles. The number of carbonyl (C=O) groups is 3. The SMILES string of the molecule is O=C(S)c1cccc(-c2ccc(C=C3C(=O)c4ccccc4C3=O)o2)c1. The van der Waals surface area contributed by atoms with Gasteiger partial charge in [0.25, 0.3) is 0 Å². The van der Waals surface area contributed by atoms with Gasteiger partial charge in [0.05, 0.1) is 5.57 Å². The molecule has 0 amide bonds. The zero-order valence-electron chi connectivity index (χ0n) is 13.4. The Bertz CT molecular complexity index is 1070. The fraction of sp³-hybridized carbons (Fsp3) is 0. The summed E-state index contributed by atoms with van der Waals surface area (Å²) < 4.78 is 5.74. The van der Waals surface area contributed by atoms with Crippen LogP contribution in [0.5, 0.6) is 0 Å². The summed E-state index contributed by atoms with van der Waals surface area (Å²) in [5, 5.41) is -0.333. The molecule has 1 heterocycles. The maximum Gasteiger partial charge on any atom is 0.216 e. The first kappa shape index (κ1) is 16.3. The quantitative estimate of drug-likeness (QED) is 0.425. The number of furan rings is 1. The van der Waals surface area contributed by atoms with Crippen molar-refractivity contribution in [2.24, 2.45) is 0 Å². The molecular formula is C21H12O4S. The van der Waals surface area contributed by atoms with Crippen LogP contribution in [0.15, 0.2) is 70.7 Å². The molecule has 0 spiro atoms. The predicted molar refractivity (Wildman–Crippen MR) is 101 cm³/mol. The van der Waals surface area contributed by atoms with Crippen molar-refractivity contribution in [1.82, 2.24) is 0 Å². The van der Waals surface area contributed by atoms with Gasteiger partial charge in [-0.15, -0.1) is 12.6 Å². The van der Waals surface area contributed by atoms with Gasteiger partial charge >= 0.3 is 0 Å². The first-order valence-corrected chi connectivity index (χ1v) is 8.33. The zero-order valence-corrected chi connectivity index (χ0v) is 14.3. The number of benzene rings is 2. The molecule has 0 saturated heterocycles. The molecule has 5 heteroatoms. The van der Waals surface area contributed by atoms with Crippen LogP contribution in [0.3, 0.4) is 0 Å². The molecule has 0 fully saturated rings. The summed E-state index contributed by atoms with van der Waals surface area (Å²) >= 11 is 3.82. The summed E-state index contributed by atoms with van der Waals surface area (Å²) in [5.41, 5.74) is 2.08. The molecule has 0 radical (unpaired) electrons. The van der Waals surface area contributed by atoms with E-state index in [4.69, 9.17) is 4.42 Å². The number of Topliss-reactive ketones (excluding diaryl/α,β-unsaturated/α-hetero) is 2. The van der Waals surface area contributed by atoms with E-state index in [-0.39, 0.29) is 22.3 Å². The van der Waals surface area contributed by atoms with Gasteiger partial charge in [-0.05, 0) is 24.3 Å². The van der Waals surface area contributed by atoms with Gasteiger partial charge in [0.15, 0.2) is 11.6 Å². The predicted octanol–water partition coefficient (Wildman–Crippen LogP) is 4.48. The molecule has 1 aliphatic rings. The highest BCUT2D eigenvalue weighted by molar-refractivity contribution is 7.97. The highest BCUT2D eigenvalue weighted by Crippen LogP contribution is 2.29. The molecule has 0 saturated carbocycles. The van der Waals surface area contributed by atoms with E-state index in [1.54, 1.807) is 60.7 Å². The van der Waals surface area contributed by atoms with Crippen LogP contribution in [0, 0.1) is 0 Å². The first-order valence-electron chi connectivity index (χ1n) is 7.88. The van der Waals surface area contributed by atoms with Crippen LogP contribution >= 0.6 is 12.6 Å². The number of fused-ring (bicyclic) bond motifs is 1. The second kappa shape index (κ2) is 6.28. The van der Waals surface area contributed by atoms with Gasteiger partial charge in [-0.3, -0.25) is 14.4 Å². The van der Waals surface area contributed by atoms with Gasteiger partial charge in [0.1, 0.15) is 11.5 Å². The molecule has 0 aliphatic heterocycles. The zero-order chi connectivity index (χ0) is 18.3.